The Morgan fingerprint density at radius 3 is 2.40 bits per heavy atom. The third-order valence-electron chi connectivity index (χ3n) is 4.01. The smallest absolute Gasteiger partial charge is 0.236 e. The molecular weight excluding hydrogens is 314 g/mol. The molecule has 0 radical (unpaired) electrons. The van der Waals surface area contributed by atoms with Crippen LogP contribution in [-0.2, 0) is 24.2 Å². The number of rotatable bonds is 6. The summed E-state index contributed by atoms with van der Waals surface area (Å²) < 4.78 is 5.18. The van der Waals surface area contributed by atoms with Gasteiger partial charge in [0.2, 0.25) is 17.6 Å². The van der Waals surface area contributed by atoms with Gasteiger partial charge in [-0.2, -0.15) is 4.98 Å². The number of nitrogens with one attached hydrogen (secondary N) is 1. The number of aryl methyl sites for hydroxylation is 2. The number of carbonyl (C=O) groups is 1. The molecule has 0 saturated heterocycles. The molecule has 5 nitrogen and oxygen atoms in total. The molecule has 1 aromatic heterocycles. The van der Waals surface area contributed by atoms with Crippen LogP contribution >= 0.6 is 0 Å². The molecule has 0 bridgehead atoms. The minimum absolute atomic E-state index is 0.0753. The summed E-state index contributed by atoms with van der Waals surface area (Å²) in [6, 6.07) is 16.1. The molecule has 0 aliphatic heterocycles. The van der Waals surface area contributed by atoms with Gasteiger partial charge in [0.25, 0.3) is 0 Å². The van der Waals surface area contributed by atoms with Gasteiger partial charge in [-0.25, -0.2) is 0 Å². The van der Waals surface area contributed by atoms with Crippen molar-refractivity contribution >= 4 is 5.91 Å². The van der Waals surface area contributed by atoms with Crippen LogP contribution in [0.5, 0.6) is 0 Å². The lowest BCUT2D eigenvalue weighted by molar-refractivity contribution is -0.120. The predicted octanol–water partition coefficient (Wildman–Crippen LogP) is 3.47. The summed E-state index contributed by atoms with van der Waals surface area (Å²) in [4.78, 5) is 16.3. The number of nitrogens with zero attached hydrogens (tertiary/aromatic N) is 2. The molecule has 1 N–H and O–H groups in total. The van der Waals surface area contributed by atoms with E-state index < -0.39 is 0 Å². The van der Waals surface area contributed by atoms with Crippen LogP contribution in [-0.4, -0.2) is 16.0 Å². The number of carbonyl (C=O) groups excluding carboxylic acids is 1. The van der Waals surface area contributed by atoms with E-state index in [0.717, 1.165) is 17.5 Å². The first-order valence-corrected chi connectivity index (χ1v) is 8.38. The minimum atomic E-state index is -0.140. The van der Waals surface area contributed by atoms with Gasteiger partial charge in [0, 0.05) is 12.1 Å². The quantitative estimate of drug-likeness (QED) is 0.749. The minimum Gasteiger partial charge on any atom is -0.352 e. The maximum absolute atomic E-state index is 12.1. The number of hydrogen-bond donors (Lipinski definition) is 1. The van der Waals surface area contributed by atoms with E-state index in [1.807, 2.05) is 43.3 Å². The van der Waals surface area contributed by atoms with E-state index in [0.29, 0.717) is 18.3 Å². The Labute approximate surface area is 147 Å². The fourth-order valence-electron chi connectivity index (χ4n) is 2.44. The topological polar surface area (TPSA) is 68.0 Å². The van der Waals surface area contributed by atoms with E-state index in [1.165, 1.54) is 11.1 Å². The highest BCUT2D eigenvalue weighted by Gasteiger charge is 2.12. The van der Waals surface area contributed by atoms with Crippen LogP contribution in [0, 0.1) is 6.92 Å². The van der Waals surface area contributed by atoms with E-state index in [4.69, 9.17) is 4.52 Å². The largest absolute Gasteiger partial charge is 0.352 e. The Morgan fingerprint density at radius 1 is 1.04 bits per heavy atom. The van der Waals surface area contributed by atoms with Crippen LogP contribution in [0.25, 0.3) is 11.4 Å². The normalized spacial score (nSPS) is 10.6. The first-order valence-electron chi connectivity index (χ1n) is 8.38. The average molecular weight is 335 g/mol. The summed E-state index contributed by atoms with van der Waals surface area (Å²) in [5.74, 6) is 0.672. The summed E-state index contributed by atoms with van der Waals surface area (Å²) in [6.07, 6.45) is 1.08. The lowest BCUT2D eigenvalue weighted by Crippen LogP contribution is -2.24. The SMILES string of the molecule is CCc1ccc(CNC(=O)Cc2nc(-c3ccc(C)cc3)no2)cc1. The molecule has 1 amide bonds. The zero-order valence-electron chi connectivity index (χ0n) is 14.5. The van der Waals surface area contributed by atoms with Gasteiger partial charge in [0.1, 0.15) is 6.42 Å². The second-order valence-corrected chi connectivity index (χ2v) is 6.00. The van der Waals surface area contributed by atoms with Crippen molar-refractivity contribution in [2.24, 2.45) is 0 Å². The highest BCUT2D eigenvalue weighted by Crippen LogP contribution is 2.16. The standard InChI is InChI=1S/C20H21N3O2/c1-3-15-6-8-16(9-7-15)13-21-18(24)12-19-22-20(23-25-19)17-10-4-14(2)5-11-17/h4-11H,3,12-13H2,1-2H3,(H,21,24). The zero-order chi connectivity index (χ0) is 17.6. The molecule has 1 heterocycles. The molecule has 2 aromatic carbocycles. The van der Waals surface area contributed by atoms with Crippen molar-refractivity contribution in [1.82, 2.24) is 15.5 Å². The van der Waals surface area contributed by atoms with Crippen LogP contribution < -0.4 is 5.32 Å². The Balaban J connectivity index is 1.55. The fourth-order valence-corrected chi connectivity index (χ4v) is 2.44. The highest BCUT2D eigenvalue weighted by atomic mass is 16.5. The van der Waals surface area contributed by atoms with Crippen molar-refractivity contribution < 1.29 is 9.32 Å². The molecule has 5 heteroatoms. The van der Waals surface area contributed by atoms with E-state index >= 15 is 0 Å². The van der Waals surface area contributed by atoms with Crippen LogP contribution in [0.2, 0.25) is 0 Å². The molecule has 0 aliphatic carbocycles. The second kappa shape index (κ2) is 7.75. The summed E-state index contributed by atoms with van der Waals surface area (Å²) in [7, 11) is 0. The Hall–Kier alpha value is -2.95. The maximum Gasteiger partial charge on any atom is 0.236 e. The maximum atomic E-state index is 12.1. The summed E-state index contributed by atoms with van der Waals surface area (Å²) >= 11 is 0. The van der Waals surface area contributed by atoms with Crippen LogP contribution in [0.3, 0.4) is 0 Å². The Morgan fingerprint density at radius 2 is 1.72 bits per heavy atom. The summed E-state index contributed by atoms with van der Waals surface area (Å²) in [5.41, 5.74) is 4.39. The van der Waals surface area contributed by atoms with Crippen molar-refractivity contribution in [3.63, 3.8) is 0 Å². The number of benzene rings is 2. The van der Waals surface area contributed by atoms with E-state index in [-0.39, 0.29) is 12.3 Å². The Bertz CT molecular complexity index is 836. The Kier molecular flexibility index (Phi) is 5.23. The molecule has 0 unspecified atom stereocenters. The van der Waals surface area contributed by atoms with Gasteiger partial charge in [-0.3, -0.25) is 4.79 Å². The average Bonchev–Trinajstić information content (AvgIpc) is 3.09. The number of hydrogen-bond acceptors (Lipinski definition) is 4. The van der Waals surface area contributed by atoms with E-state index in [1.54, 1.807) is 0 Å². The van der Waals surface area contributed by atoms with Gasteiger partial charge in [-0.05, 0) is 24.5 Å². The van der Waals surface area contributed by atoms with Gasteiger partial charge < -0.3 is 9.84 Å². The van der Waals surface area contributed by atoms with Crippen molar-refractivity contribution in [3.8, 4) is 11.4 Å². The third-order valence-corrected chi connectivity index (χ3v) is 4.01. The first kappa shape index (κ1) is 16.9. The van der Waals surface area contributed by atoms with Crippen molar-refractivity contribution in [2.45, 2.75) is 33.2 Å². The lowest BCUT2D eigenvalue weighted by atomic mass is 10.1. The summed E-state index contributed by atoms with van der Waals surface area (Å²) in [5, 5.41) is 6.82. The molecule has 3 aromatic rings. The van der Waals surface area contributed by atoms with Crippen molar-refractivity contribution in [3.05, 3.63) is 71.1 Å². The number of amides is 1. The molecular formula is C20H21N3O2. The molecule has 25 heavy (non-hydrogen) atoms. The van der Waals surface area contributed by atoms with Gasteiger partial charge in [0.15, 0.2) is 0 Å². The van der Waals surface area contributed by atoms with Crippen molar-refractivity contribution in [2.75, 3.05) is 0 Å². The molecule has 0 fully saturated rings. The molecule has 128 valence electrons. The van der Waals surface area contributed by atoms with E-state index in [9.17, 15) is 4.79 Å². The van der Waals surface area contributed by atoms with Gasteiger partial charge in [-0.15, -0.1) is 0 Å². The molecule has 0 spiro atoms. The number of aromatic nitrogens is 2. The van der Waals surface area contributed by atoms with Crippen LogP contribution in [0.15, 0.2) is 53.1 Å². The van der Waals surface area contributed by atoms with Gasteiger partial charge in [0.05, 0.1) is 0 Å². The van der Waals surface area contributed by atoms with Crippen molar-refractivity contribution in [1.29, 1.82) is 0 Å². The molecule has 0 aliphatic rings. The first-order chi connectivity index (χ1) is 12.1. The predicted molar refractivity (Wildman–Crippen MR) is 95.8 cm³/mol. The highest BCUT2D eigenvalue weighted by molar-refractivity contribution is 5.77. The zero-order valence-corrected chi connectivity index (χ0v) is 14.5. The third kappa shape index (κ3) is 4.53. The van der Waals surface area contributed by atoms with E-state index in [2.05, 4.69) is 34.5 Å². The van der Waals surface area contributed by atoms with Crippen LogP contribution in [0.1, 0.15) is 29.5 Å². The lowest BCUT2D eigenvalue weighted by Gasteiger charge is -2.04. The molecule has 0 saturated carbocycles. The van der Waals surface area contributed by atoms with Gasteiger partial charge >= 0.3 is 0 Å². The molecule has 0 atom stereocenters. The van der Waals surface area contributed by atoms with Gasteiger partial charge in [-0.1, -0.05) is 66.2 Å². The monoisotopic (exact) mass is 335 g/mol. The summed E-state index contributed by atoms with van der Waals surface area (Å²) in [6.45, 7) is 4.62. The fraction of sp³-hybridized carbons (Fsp3) is 0.250. The molecule has 3 rings (SSSR count). The van der Waals surface area contributed by atoms with Crippen LogP contribution in [0.4, 0.5) is 0 Å². The second-order valence-electron chi connectivity index (χ2n) is 6.00.